The van der Waals surface area contributed by atoms with Crippen molar-refractivity contribution in [3.63, 3.8) is 0 Å². The highest BCUT2D eigenvalue weighted by atomic mass is 16.5. The lowest BCUT2D eigenvalue weighted by atomic mass is 10.00. The average Bonchev–Trinajstić information content (AvgIpc) is 3.08. The molecule has 4 rings (SSSR count). The van der Waals surface area contributed by atoms with Gasteiger partial charge in [-0.3, -0.25) is 9.59 Å². The van der Waals surface area contributed by atoms with Gasteiger partial charge in [-0.15, -0.1) is 0 Å². The number of hydrogen-bond donors (Lipinski definition) is 1. The van der Waals surface area contributed by atoms with Gasteiger partial charge in [-0.1, -0.05) is 86.6 Å². The summed E-state index contributed by atoms with van der Waals surface area (Å²) in [6.45, 7) is 4.84. The fourth-order valence-corrected chi connectivity index (χ4v) is 5.12. The summed E-state index contributed by atoms with van der Waals surface area (Å²) < 4.78 is 11.1. The molecule has 0 aromatic heterocycles. The molecule has 4 aromatic rings. The van der Waals surface area contributed by atoms with Crippen LogP contribution in [0, 0.1) is 5.92 Å². The molecular weight excluding hydrogens is 552 g/mol. The maximum absolute atomic E-state index is 13.2. The lowest BCUT2D eigenvalue weighted by molar-refractivity contribution is -0.141. The van der Waals surface area contributed by atoms with E-state index in [1.165, 1.54) is 7.11 Å². The summed E-state index contributed by atoms with van der Waals surface area (Å²) in [4.78, 5) is 41.0. The third-order valence-electron chi connectivity index (χ3n) is 7.64. The summed E-state index contributed by atoms with van der Waals surface area (Å²) in [5.74, 6) is 0.169. The van der Waals surface area contributed by atoms with Crippen LogP contribution in [0.3, 0.4) is 0 Å². The Labute approximate surface area is 259 Å². The molecule has 44 heavy (non-hydrogen) atoms. The maximum Gasteiger partial charge on any atom is 0.328 e. The van der Waals surface area contributed by atoms with Crippen LogP contribution in [0.1, 0.15) is 48.2 Å². The normalized spacial score (nSPS) is 11.5. The van der Waals surface area contributed by atoms with Crippen LogP contribution in [0.4, 0.5) is 11.4 Å². The van der Waals surface area contributed by atoms with E-state index in [-0.39, 0.29) is 17.6 Å². The molecule has 4 aromatic carbocycles. The number of rotatable bonds is 15. The van der Waals surface area contributed by atoms with Gasteiger partial charge in [0.05, 0.1) is 13.7 Å². The van der Waals surface area contributed by atoms with Crippen molar-refractivity contribution in [2.75, 3.05) is 30.5 Å². The molecule has 0 radical (unpaired) electrons. The Morgan fingerprint density at radius 1 is 0.773 bits per heavy atom. The molecule has 0 aliphatic carbocycles. The third-order valence-corrected chi connectivity index (χ3v) is 7.64. The number of ketones is 1. The van der Waals surface area contributed by atoms with Gasteiger partial charge in [0, 0.05) is 34.8 Å². The van der Waals surface area contributed by atoms with Gasteiger partial charge in [-0.25, -0.2) is 4.79 Å². The summed E-state index contributed by atoms with van der Waals surface area (Å²) in [6, 6.07) is 32.7. The number of carbonyl (C=O) groups excluding carboxylic acids is 3. The molecule has 0 spiro atoms. The second kappa shape index (κ2) is 16.1. The highest BCUT2D eigenvalue weighted by Crippen LogP contribution is 2.23. The number of para-hydroxylation sites is 2. The van der Waals surface area contributed by atoms with Gasteiger partial charge in [0.25, 0.3) is 0 Å². The molecule has 7 nitrogen and oxygen atoms in total. The number of benzene rings is 4. The van der Waals surface area contributed by atoms with Crippen molar-refractivity contribution in [1.29, 1.82) is 0 Å². The van der Waals surface area contributed by atoms with Crippen LogP contribution in [-0.2, 0) is 20.7 Å². The van der Waals surface area contributed by atoms with Crippen molar-refractivity contribution in [1.82, 2.24) is 0 Å². The molecule has 0 saturated carbocycles. The lowest BCUT2D eigenvalue weighted by Gasteiger charge is -2.26. The number of anilines is 2. The quantitative estimate of drug-likeness (QED) is 0.119. The molecule has 1 atom stereocenters. The number of methoxy groups -OCH3 is 1. The monoisotopic (exact) mass is 592 g/mol. The lowest BCUT2D eigenvalue weighted by Crippen LogP contribution is -2.38. The smallest absolute Gasteiger partial charge is 0.328 e. The Kier molecular flexibility index (Phi) is 11.7. The minimum atomic E-state index is -0.716. The first kappa shape index (κ1) is 32.0. The summed E-state index contributed by atoms with van der Waals surface area (Å²) in [6.07, 6.45) is 1.92. The van der Waals surface area contributed by atoms with Crippen LogP contribution >= 0.6 is 0 Å². The number of nitrogens with one attached hydrogen (secondary N) is 1. The fourth-order valence-electron chi connectivity index (χ4n) is 5.12. The molecule has 1 N–H and O–H groups in total. The van der Waals surface area contributed by atoms with E-state index in [1.54, 1.807) is 35.2 Å². The zero-order chi connectivity index (χ0) is 31.3. The second-order valence-corrected chi connectivity index (χ2v) is 10.5. The molecule has 0 fully saturated rings. The molecule has 228 valence electrons. The molecule has 7 heteroatoms. The average molecular weight is 593 g/mol. The third kappa shape index (κ3) is 8.34. The molecular formula is C37H40N2O5. The molecule has 0 bridgehead atoms. The van der Waals surface area contributed by atoms with E-state index in [1.807, 2.05) is 92.7 Å². The molecule has 1 amide bonds. The van der Waals surface area contributed by atoms with Crippen LogP contribution < -0.4 is 15.0 Å². The summed E-state index contributed by atoms with van der Waals surface area (Å²) in [5.41, 5.74) is 3.35. The van der Waals surface area contributed by atoms with E-state index in [2.05, 4.69) is 5.32 Å². The van der Waals surface area contributed by atoms with Gasteiger partial charge in [-0.05, 0) is 54.8 Å². The van der Waals surface area contributed by atoms with Crippen LogP contribution in [0.5, 0.6) is 5.75 Å². The minimum absolute atomic E-state index is 0.0331. The predicted octanol–water partition coefficient (Wildman–Crippen LogP) is 6.96. The van der Waals surface area contributed by atoms with E-state index in [0.717, 1.165) is 24.1 Å². The standard InChI is InChI=1S/C37H40N2O5/c1-4-28(5-2)36(41)39(30-16-10-7-11-17-30)24-25-44-31-22-20-27(21-23-31)26-34(37(42)43-3)38-33-19-13-12-18-32(33)35(40)29-14-8-6-9-15-29/h6-23,28,34,38H,4-5,24-26H2,1-3H3/t34-/m0/s1. The summed E-state index contributed by atoms with van der Waals surface area (Å²) >= 11 is 0. The minimum Gasteiger partial charge on any atom is -0.492 e. The van der Waals surface area contributed by atoms with Gasteiger partial charge in [-0.2, -0.15) is 0 Å². The summed E-state index contributed by atoms with van der Waals surface area (Å²) in [5, 5.41) is 3.24. The van der Waals surface area contributed by atoms with Crippen LogP contribution in [0.15, 0.2) is 109 Å². The zero-order valence-electron chi connectivity index (χ0n) is 25.6. The van der Waals surface area contributed by atoms with E-state index in [9.17, 15) is 14.4 Å². The highest BCUT2D eigenvalue weighted by Gasteiger charge is 2.24. The van der Waals surface area contributed by atoms with E-state index < -0.39 is 12.0 Å². The Morgan fingerprint density at radius 3 is 2.02 bits per heavy atom. The number of ether oxygens (including phenoxy) is 2. The largest absolute Gasteiger partial charge is 0.492 e. The first-order chi connectivity index (χ1) is 21.4. The number of hydrogen-bond acceptors (Lipinski definition) is 6. The second-order valence-electron chi connectivity index (χ2n) is 10.5. The number of carbonyl (C=O) groups is 3. The number of nitrogens with zero attached hydrogens (tertiary/aromatic N) is 1. The van der Waals surface area contributed by atoms with Crippen LogP contribution in [0.25, 0.3) is 0 Å². The van der Waals surface area contributed by atoms with Crippen molar-refractivity contribution >= 4 is 29.0 Å². The predicted molar refractivity (Wildman–Crippen MR) is 174 cm³/mol. The number of amides is 1. The van der Waals surface area contributed by atoms with Crippen LogP contribution in [0.2, 0.25) is 0 Å². The maximum atomic E-state index is 13.2. The Bertz CT molecular complexity index is 1500. The van der Waals surface area contributed by atoms with Gasteiger partial charge < -0.3 is 19.7 Å². The van der Waals surface area contributed by atoms with Crippen molar-refractivity contribution in [2.24, 2.45) is 5.92 Å². The topological polar surface area (TPSA) is 84.9 Å². The fraction of sp³-hybridized carbons (Fsp3) is 0.270. The highest BCUT2D eigenvalue weighted by molar-refractivity contribution is 6.12. The molecule has 0 unspecified atom stereocenters. The van der Waals surface area contributed by atoms with Crippen molar-refractivity contribution in [3.8, 4) is 5.75 Å². The van der Waals surface area contributed by atoms with Crippen LogP contribution in [-0.4, -0.2) is 44.0 Å². The molecule has 0 aliphatic rings. The van der Waals surface area contributed by atoms with Crippen molar-refractivity contribution < 1.29 is 23.9 Å². The first-order valence-electron chi connectivity index (χ1n) is 15.1. The van der Waals surface area contributed by atoms with E-state index in [4.69, 9.17) is 9.47 Å². The van der Waals surface area contributed by atoms with Gasteiger partial charge >= 0.3 is 5.97 Å². The van der Waals surface area contributed by atoms with Gasteiger partial charge in [0.2, 0.25) is 5.91 Å². The SMILES string of the molecule is CCC(CC)C(=O)N(CCOc1ccc(C[C@H](Nc2ccccc2C(=O)c2ccccc2)C(=O)OC)cc1)c1ccccc1. The van der Waals surface area contributed by atoms with Crippen molar-refractivity contribution in [3.05, 3.63) is 126 Å². The van der Waals surface area contributed by atoms with E-state index >= 15 is 0 Å². The Morgan fingerprint density at radius 2 is 1.39 bits per heavy atom. The Balaban J connectivity index is 1.42. The number of esters is 1. The first-order valence-corrected chi connectivity index (χ1v) is 15.1. The van der Waals surface area contributed by atoms with Gasteiger partial charge in [0.15, 0.2) is 5.78 Å². The molecule has 0 saturated heterocycles. The van der Waals surface area contributed by atoms with Crippen molar-refractivity contribution in [2.45, 2.75) is 39.2 Å². The Hall–Kier alpha value is -4.91. The summed E-state index contributed by atoms with van der Waals surface area (Å²) in [7, 11) is 1.35. The molecule has 0 aliphatic heterocycles. The molecule has 0 heterocycles. The zero-order valence-corrected chi connectivity index (χ0v) is 25.6. The van der Waals surface area contributed by atoms with Gasteiger partial charge in [0.1, 0.15) is 18.4 Å². The van der Waals surface area contributed by atoms with E-state index in [0.29, 0.717) is 42.1 Å².